The summed E-state index contributed by atoms with van der Waals surface area (Å²) in [6.07, 6.45) is 7.85. The van der Waals surface area contributed by atoms with Gasteiger partial charge in [0.2, 0.25) is 0 Å². The van der Waals surface area contributed by atoms with Gasteiger partial charge in [0.1, 0.15) is 0 Å². The van der Waals surface area contributed by atoms with Crippen LogP contribution in [0.5, 0.6) is 0 Å². The number of allylic oxidation sites excluding steroid dienone is 6. The lowest BCUT2D eigenvalue weighted by Crippen LogP contribution is -2.26. The minimum Gasteiger partial charge on any atom is -0.0990 e. The summed E-state index contributed by atoms with van der Waals surface area (Å²) in [7, 11) is 0. The van der Waals surface area contributed by atoms with Crippen molar-refractivity contribution >= 4 is 18.2 Å². The first kappa shape index (κ1) is 16.0. The van der Waals surface area contributed by atoms with Crippen LogP contribution >= 0.6 is 0 Å². The molecule has 1 aromatic rings. The maximum Gasteiger partial charge on any atom is -0.0149 e. The van der Waals surface area contributed by atoms with Gasteiger partial charge in [-0.3, -0.25) is 0 Å². The Morgan fingerprint density at radius 2 is 1.80 bits per heavy atom. The zero-order valence-corrected chi connectivity index (χ0v) is 13.1. The summed E-state index contributed by atoms with van der Waals surface area (Å²) in [4.78, 5) is 0. The van der Waals surface area contributed by atoms with Crippen molar-refractivity contribution in [2.45, 2.75) is 27.7 Å². The van der Waals surface area contributed by atoms with E-state index in [-0.39, 0.29) is 0 Å². The topological polar surface area (TPSA) is 0 Å². The standard InChI is InChI=1S/C20H24/c1-8-11-18-12-13-20(17(7)16(18)6)19(10-3)15(5)14(4)9-2/h8-13H,1-2,6H2,3-5,7H3/b15-14+,18-11-,19-10-. The first-order valence-electron chi connectivity index (χ1n) is 6.86. The van der Waals surface area contributed by atoms with E-state index >= 15 is 0 Å². The molecule has 0 fully saturated rings. The molecule has 0 heteroatoms. The smallest absolute Gasteiger partial charge is 0.0149 e. The van der Waals surface area contributed by atoms with Gasteiger partial charge >= 0.3 is 0 Å². The lowest BCUT2D eigenvalue weighted by Gasteiger charge is -2.14. The van der Waals surface area contributed by atoms with Crippen molar-refractivity contribution in [1.29, 1.82) is 0 Å². The van der Waals surface area contributed by atoms with E-state index in [2.05, 4.69) is 65.6 Å². The molecule has 0 heterocycles. The van der Waals surface area contributed by atoms with E-state index in [4.69, 9.17) is 0 Å². The zero-order valence-electron chi connectivity index (χ0n) is 13.1. The molecular weight excluding hydrogens is 240 g/mol. The first-order chi connectivity index (χ1) is 9.47. The Hall–Kier alpha value is -2.08. The number of rotatable bonds is 4. The van der Waals surface area contributed by atoms with Gasteiger partial charge in [0.05, 0.1) is 0 Å². The lowest BCUT2D eigenvalue weighted by molar-refractivity contribution is 1.31. The molecular formula is C20H24. The summed E-state index contributed by atoms with van der Waals surface area (Å²) in [6.45, 7) is 20.2. The molecule has 0 aromatic heterocycles. The van der Waals surface area contributed by atoms with Crippen LogP contribution in [0.1, 0.15) is 31.9 Å². The largest absolute Gasteiger partial charge is 0.0990 e. The third-order valence-corrected chi connectivity index (χ3v) is 3.81. The molecule has 1 aromatic carbocycles. The summed E-state index contributed by atoms with van der Waals surface area (Å²) in [5.41, 5.74) is 6.15. The van der Waals surface area contributed by atoms with E-state index in [9.17, 15) is 0 Å². The Balaban J connectivity index is 3.61. The Morgan fingerprint density at radius 3 is 2.30 bits per heavy atom. The molecule has 0 spiro atoms. The van der Waals surface area contributed by atoms with Crippen molar-refractivity contribution < 1.29 is 0 Å². The molecule has 0 saturated heterocycles. The second kappa shape index (κ2) is 6.91. The molecule has 0 saturated carbocycles. The zero-order chi connectivity index (χ0) is 15.3. The monoisotopic (exact) mass is 264 g/mol. The molecule has 0 aliphatic heterocycles. The molecule has 0 unspecified atom stereocenters. The molecule has 0 atom stereocenters. The van der Waals surface area contributed by atoms with Crippen molar-refractivity contribution in [3.8, 4) is 0 Å². The van der Waals surface area contributed by atoms with Gasteiger partial charge in [-0.15, -0.1) is 0 Å². The normalized spacial score (nSPS) is 14.0. The van der Waals surface area contributed by atoms with E-state index in [1.54, 1.807) is 6.08 Å². The lowest BCUT2D eigenvalue weighted by atomic mass is 9.91. The van der Waals surface area contributed by atoms with E-state index in [0.717, 1.165) is 10.4 Å². The predicted molar refractivity (Wildman–Crippen MR) is 92.8 cm³/mol. The molecule has 0 aliphatic rings. The highest BCUT2D eigenvalue weighted by Gasteiger charge is 2.08. The van der Waals surface area contributed by atoms with Crippen LogP contribution in [0.25, 0.3) is 18.2 Å². The maximum absolute atomic E-state index is 4.20. The van der Waals surface area contributed by atoms with E-state index in [1.807, 2.05) is 12.2 Å². The van der Waals surface area contributed by atoms with Crippen molar-refractivity contribution in [3.63, 3.8) is 0 Å². The third kappa shape index (κ3) is 3.08. The van der Waals surface area contributed by atoms with E-state index in [1.165, 1.54) is 27.8 Å². The van der Waals surface area contributed by atoms with Crippen molar-refractivity contribution in [2.24, 2.45) is 0 Å². The number of hydrogen-bond acceptors (Lipinski definition) is 0. The average molecular weight is 264 g/mol. The molecule has 0 aliphatic carbocycles. The Kier molecular flexibility index (Phi) is 5.52. The molecule has 20 heavy (non-hydrogen) atoms. The first-order valence-corrected chi connectivity index (χ1v) is 6.86. The molecule has 1 rings (SSSR count). The van der Waals surface area contributed by atoms with Gasteiger partial charge in [0.15, 0.2) is 0 Å². The van der Waals surface area contributed by atoms with Crippen LogP contribution in [-0.2, 0) is 0 Å². The highest BCUT2D eigenvalue weighted by Crippen LogP contribution is 2.26. The Morgan fingerprint density at radius 1 is 1.15 bits per heavy atom. The van der Waals surface area contributed by atoms with Gasteiger partial charge in [0, 0.05) is 0 Å². The fraction of sp³-hybridized carbons (Fsp3) is 0.200. The molecule has 0 bridgehead atoms. The molecule has 104 valence electrons. The molecule has 0 nitrogen and oxygen atoms in total. The van der Waals surface area contributed by atoms with E-state index in [0.29, 0.717) is 0 Å². The van der Waals surface area contributed by atoms with Gasteiger partial charge in [-0.25, -0.2) is 0 Å². The minimum absolute atomic E-state index is 1.06. The van der Waals surface area contributed by atoms with Crippen molar-refractivity contribution in [3.05, 3.63) is 76.2 Å². The second-order valence-electron chi connectivity index (χ2n) is 4.92. The van der Waals surface area contributed by atoms with Crippen LogP contribution in [-0.4, -0.2) is 0 Å². The van der Waals surface area contributed by atoms with Gasteiger partial charge < -0.3 is 0 Å². The summed E-state index contributed by atoms with van der Waals surface area (Å²) < 4.78 is 0. The fourth-order valence-corrected chi connectivity index (χ4v) is 2.29. The summed E-state index contributed by atoms with van der Waals surface area (Å²) in [6, 6.07) is 4.26. The fourth-order valence-electron chi connectivity index (χ4n) is 2.29. The SMILES string of the molecule is C=C/C=c1/ccc(C(=C\C)/C(C)=C(\C)C=C)c(C)c1=C. The Labute approximate surface area is 122 Å². The highest BCUT2D eigenvalue weighted by molar-refractivity contribution is 5.81. The van der Waals surface area contributed by atoms with Crippen LogP contribution < -0.4 is 10.4 Å². The summed E-state index contributed by atoms with van der Waals surface area (Å²) >= 11 is 0. The predicted octanol–water partition coefficient (Wildman–Crippen LogP) is 4.30. The molecule has 0 amide bonds. The molecule has 0 N–H and O–H groups in total. The summed E-state index contributed by atoms with van der Waals surface area (Å²) in [5, 5.41) is 2.18. The van der Waals surface area contributed by atoms with Crippen molar-refractivity contribution in [2.75, 3.05) is 0 Å². The van der Waals surface area contributed by atoms with Crippen LogP contribution in [0.4, 0.5) is 0 Å². The quantitative estimate of drug-likeness (QED) is 0.711. The Bertz CT molecular complexity index is 694. The van der Waals surface area contributed by atoms with Crippen LogP contribution in [0.3, 0.4) is 0 Å². The van der Waals surface area contributed by atoms with Crippen LogP contribution in [0, 0.1) is 6.92 Å². The van der Waals surface area contributed by atoms with Gasteiger partial charge in [-0.2, -0.15) is 0 Å². The van der Waals surface area contributed by atoms with Gasteiger partial charge in [-0.1, -0.05) is 56.2 Å². The van der Waals surface area contributed by atoms with E-state index < -0.39 is 0 Å². The molecule has 0 radical (unpaired) electrons. The van der Waals surface area contributed by atoms with Crippen LogP contribution in [0.2, 0.25) is 0 Å². The second-order valence-corrected chi connectivity index (χ2v) is 4.92. The van der Waals surface area contributed by atoms with Crippen LogP contribution in [0.15, 0.2) is 54.7 Å². The van der Waals surface area contributed by atoms with Gasteiger partial charge in [0.25, 0.3) is 0 Å². The minimum atomic E-state index is 1.06. The third-order valence-electron chi connectivity index (χ3n) is 3.81. The van der Waals surface area contributed by atoms with Gasteiger partial charge in [-0.05, 0) is 66.0 Å². The number of hydrogen-bond donors (Lipinski definition) is 0. The maximum atomic E-state index is 4.20. The summed E-state index contributed by atoms with van der Waals surface area (Å²) in [5.74, 6) is 0. The highest BCUT2D eigenvalue weighted by atomic mass is 14.1. The number of benzene rings is 1. The average Bonchev–Trinajstić information content (AvgIpc) is 2.45. The van der Waals surface area contributed by atoms with Crippen molar-refractivity contribution in [1.82, 2.24) is 0 Å².